The Morgan fingerprint density at radius 1 is 1.25 bits per heavy atom. The molecule has 1 atom stereocenters. The number of imidazole rings is 1. The lowest BCUT2D eigenvalue weighted by atomic mass is 10.2. The summed E-state index contributed by atoms with van der Waals surface area (Å²) in [5.41, 5.74) is 3.26. The zero-order valence-electron chi connectivity index (χ0n) is 14.0. The zero-order valence-corrected chi connectivity index (χ0v) is 14.8. The molecule has 1 aliphatic rings. The van der Waals surface area contributed by atoms with Crippen LogP contribution in [0.4, 0.5) is 10.8 Å². The number of nitrogens with zero attached hydrogens (tertiary/aromatic N) is 4. The van der Waals surface area contributed by atoms with Crippen molar-refractivity contribution in [3.63, 3.8) is 0 Å². The molecule has 0 amide bonds. The molecule has 0 radical (unpaired) electrons. The van der Waals surface area contributed by atoms with E-state index in [1.807, 2.05) is 6.92 Å². The van der Waals surface area contributed by atoms with Crippen LogP contribution in [0.25, 0.3) is 11.0 Å². The van der Waals surface area contributed by atoms with E-state index < -0.39 is 0 Å². The Bertz CT molecular complexity index is 856. The van der Waals surface area contributed by atoms with Crippen LogP contribution in [0.1, 0.15) is 43.9 Å². The van der Waals surface area contributed by atoms with Crippen molar-refractivity contribution in [3.05, 3.63) is 29.8 Å². The first-order valence-corrected chi connectivity index (χ1v) is 9.14. The van der Waals surface area contributed by atoms with Gasteiger partial charge in [0.1, 0.15) is 11.9 Å². The number of fused-ring (bicyclic) bond motifs is 3. The Kier molecular flexibility index (Phi) is 4.20. The van der Waals surface area contributed by atoms with E-state index in [-0.39, 0.29) is 6.10 Å². The topological polar surface area (TPSA) is 64.9 Å². The molecule has 0 aliphatic carbocycles. The highest BCUT2D eigenvalue weighted by Crippen LogP contribution is 2.27. The van der Waals surface area contributed by atoms with Gasteiger partial charge in [-0.1, -0.05) is 6.42 Å². The molecule has 3 heterocycles. The van der Waals surface area contributed by atoms with Gasteiger partial charge in [-0.2, -0.15) is 4.37 Å². The molecule has 3 aromatic rings. The van der Waals surface area contributed by atoms with E-state index in [0.717, 1.165) is 29.3 Å². The summed E-state index contributed by atoms with van der Waals surface area (Å²) in [4.78, 5) is 9.31. The van der Waals surface area contributed by atoms with Gasteiger partial charge in [0.15, 0.2) is 5.82 Å². The van der Waals surface area contributed by atoms with Crippen molar-refractivity contribution in [1.29, 1.82) is 0 Å². The molecule has 0 saturated heterocycles. The number of rotatable bonds is 4. The summed E-state index contributed by atoms with van der Waals surface area (Å²) in [5.74, 6) is 1.92. The van der Waals surface area contributed by atoms with Crippen molar-refractivity contribution in [2.75, 3.05) is 12.4 Å². The normalized spacial score (nSPS) is 15.9. The van der Waals surface area contributed by atoms with Crippen molar-refractivity contribution in [1.82, 2.24) is 18.9 Å². The number of nitrogens with one attached hydrogen (secondary N) is 1. The molecule has 0 spiro atoms. The maximum atomic E-state index is 5.26. The summed E-state index contributed by atoms with van der Waals surface area (Å²) >= 11 is 1.35. The van der Waals surface area contributed by atoms with Gasteiger partial charge in [-0.15, -0.1) is 0 Å². The molecular weight excluding hydrogens is 322 g/mol. The van der Waals surface area contributed by atoms with Gasteiger partial charge >= 0.3 is 0 Å². The van der Waals surface area contributed by atoms with E-state index in [4.69, 9.17) is 9.72 Å². The smallest absolute Gasteiger partial charge is 0.207 e. The quantitative estimate of drug-likeness (QED) is 0.774. The molecule has 6 nitrogen and oxygen atoms in total. The monoisotopic (exact) mass is 343 g/mol. The Labute approximate surface area is 145 Å². The number of anilines is 2. The fraction of sp³-hybridized carbons (Fsp3) is 0.471. The largest absolute Gasteiger partial charge is 0.374 e. The lowest BCUT2D eigenvalue weighted by molar-refractivity contribution is 0.113. The maximum Gasteiger partial charge on any atom is 0.207 e. The number of aryl methyl sites for hydroxylation is 2. The van der Waals surface area contributed by atoms with E-state index in [9.17, 15) is 0 Å². The molecule has 7 heteroatoms. The molecule has 24 heavy (non-hydrogen) atoms. The van der Waals surface area contributed by atoms with Crippen LogP contribution < -0.4 is 5.32 Å². The third-order valence-electron chi connectivity index (χ3n) is 4.52. The number of hydrogen-bond donors (Lipinski definition) is 1. The summed E-state index contributed by atoms with van der Waals surface area (Å²) in [7, 11) is 1.66. The average Bonchev–Trinajstić information content (AvgIpc) is 3.12. The van der Waals surface area contributed by atoms with Crippen molar-refractivity contribution < 1.29 is 4.74 Å². The van der Waals surface area contributed by atoms with Gasteiger partial charge in [0.25, 0.3) is 0 Å². The zero-order chi connectivity index (χ0) is 16.5. The summed E-state index contributed by atoms with van der Waals surface area (Å²) in [6.45, 7) is 3.02. The van der Waals surface area contributed by atoms with Crippen molar-refractivity contribution in [2.24, 2.45) is 0 Å². The van der Waals surface area contributed by atoms with Gasteiger partial charge in [-0.3, -0.25) is 0 Å². The molecule has 1 N–H and O–H groups in total. The fourth-order valence-electron chi connectivity index (χ4n) is 3.11. The highest BCUT2D eigenvalue weighted by atomic mass is 32.1. The first-order chi connectivity index (χ1) is 11.7. The van der Waals surface area contributed by atoms with Gasteiger partial charge in [0.05, 0.1) is 11.0 Å². The van der Waals surface area contributed by atoms with Crippen LogP contribution >= 0.6 is 11.5 Å². The first-order valence-electron chi connectivity index (χ1n) is 8.37. The van der Waals surface area contributed by atoms with Gasteiger partial charge < -0.3 is 14.6 Å². The number of methoxy groups -OCH3 is 1. The number of benzene rings is 1. The molecule has 4 rings (SSSR count). The fourth-order valence-corrected chi connectivity index (χ4v) is 3.77. The van der Waals surface area contributed by atoms with Crippen LogP contribution in [-0.4, -0.2) is 26.0 Å². The molecule has 0 bridgehead atoms. The Morgan fingerprint density at radius 2 is 2.17 bits per heavy atom. The maximum absolute atomic E-state index is 5.26. The van der Waals surface area contributed by atoms with Crippen molar-refractivity contribution in [2.45, 2.75) is 45.3 Å². The molecule has 126 valence electrons. The van der Waals surface area contributed by atoms with Gasteiger partial charge in [0, 0.05) is 37.3 Å². The SMILES string of the molecule is COC(C)c1nsc(Nc2ccc3c(c2)nc2n3CCCCC2)n1. The minimum absolute atomic E-state index is 0.0944. The van der Waals surface area contributed by atoms with Crippen LogP contribution in [-0.2, 0) is 17.7 Å². The van der Waals surface area contributed by atoms with Crippen LogP contribution in [0, 0.1) is 0 Å². The van der Waals surface area contributed by atoms with Crippen LogP contribution in [0.5, 0.6) is 0 Å². The second-order valence-electron chi connectivity index (χ2n) is 6.15. The van der Waals surface area contributed by atoms with E-state index in [0.29, 0.717) is 5.82 Å². The predicted octanol–water partition coefficient (Wildman–Crippen LogP) is 4.07. The van der Waals surface area contributed by atoms with E-state index in [2.05, 4.69) is 37.4 Å². The Hall–Kier alpha value is -1.99. The third-order valence-corrected chi connectivity index (χ3v) is 5.16. The summed E-state index contributed by atoms with van der Waals surface area (Å²) in [6.07, 6.45) is 4.75. The molecule has 1 aliphatic heterocycles. The highest BCUT2D eigenvalue weighted by molar-refractivity contribution is 7.09. The van der Waals surface area contributed by atoms with Gasteiger partial charge in [-0.25, -0.2) is 9.97 Å². The van der Waals surface area contributed by atoms with E-state index in [1.165, 1.54) is 42.1 Å². The molecule has 1 unspecified atom stereocenters. The van der Waals surface area contributed by atoms with Crippen LogP contribution in [0.15, 0.2) is 18.2 Å². The van der Waals surface area contributed by atoms with Gasteiger partial charge in [-0.05, 0) is 38.0 Å². The van der Waals surface area contributed by atoms with Crippen molar-refractivity contribution >= 4 is 33.4 Å². The summed E-state index contributed by atoms with van der Waals surface area (Å²) in [6, 6.07) is 6.33. The highest BCUT2D eigenvalue weighted by Gasteiger charge is 2.15. The van der Waals surface area contributed by atoms with Crippen LogP contribution in [0.2, 0.25) is 0 Å². The number of hydrogen-bond acceptors (Lipinski definition) is 6. The summed E-state index contributed by atoms with van der Waals surface area (Å²) < 4.78 is 12.0. The lowest BCUT2D eigenvalue weighted by Gasteiger charge is -2.05. The minimum atomic E-state index is -0.0944. The second kappa shape index (κ2) is 6.49. The molecule has 2 aromatic heterocycles. The Morgan fingerprint density at radius 3 is 3.04 bits per heavy atom. The molecular formula is C17H21N5OS. The standard InChI is InChI=1S/C17H21N5OS/c1-11(23-2)16-20-17(24-21-16)18-12-7-8-14-13(10-12)19-15-6-4-3-5-9-22(14)15/h7-8,10-11H,3-6,9H2,1-2H3,(H,18,20,21). The summed E-state index contributed by atoms with van der Waals surface area (Å²) in [5, 5.41) is 4.10. The molecule has 0 saturated carbocycles. The molecule has 0 fully saturated rings. The second-order valence-corrected chi connectivity index (χ2v) is 6.91. The Balaban J connectivity index is 1.60. The lowest BCUT2D eigenvalue weighted by Crippen LogP contribution is -2.00. The predicted molar refractivity (Wildman–Crippen MR) is 95.9 cm³/mol. The molecule has 1 aromatic carbocycles. The van der Waals surface area contributed by atoms with E-state index in [1.54, 1.807) is 7.11 Å². The average molecular weight is 343 g/mol. The van der Waals surface area contributed by atoms with Crippen molar-refractivity contribution in [3.8, 4) is 0 Å². The number of aromatic nitrogens is 4. The number of ether oxygens (including phenoxy) is 1. The van der Waals surface area contributed by atoms with E-state index >= 15 is 0 Å². The minimum Gasteiger partial charge on any atom is -0.374 e. The third kappa shape index (κ3) is 2.89. The first kappa shape index (κ1) is 15.5. The van der Waals surface area contributed by atoms with Gasteiger partial charge in [0.2, 0.25) is 5.13 Å². The van der Waals surface area contributed by atoms with Crippen LogP contribution in [0.3, 0.4) is 0 Å².